The molecule has 0 bridgehead atoms. The molecule has 130 valence electrons. The van der Waals surface area contributed by atoms with Crippen molar-refractivity contribution in [2.75, 3.05) is 24.5 Å². The largest absolute Gasteiger partial charge is 0.369 e. The maximum Gasteiger partial charge on any atom is 0.209 e. The molecule has 1 aliphatic heterocycles. The number of hydrogen-bond donors (Lipinski definition) is 1. The SMILES string of the molecule is CC(C)CC1CN(c2cnc3ccccc3n2)CCN1C(N)=NC#N. The Morgan fingerprint density at radius 3 is 2.84 bits per heavy atom. The average Bonchev–Trinajstić information content (AvgIpc) is 2.61. The zero-order chi connectivity index (χ0) is 17.8. The van der Waals surface area contributed by atoms with Crippen molar-refractivity contribution in [3.63, 3.8) is 0 Å². The zero-order valence-corrected chi connectivity index (χ0v) is 14.6. The molecule has 1 fully saturated rings. The highest BCUT2D eigenvalue weighted by molar-refractivity contribution is 5.80. The Kier molecular flexibility index (Phi) is 4.98. The fourth-order valence-electron chi connectivity index (χ4n) is 3.33. The molecule has 1 atom stereocenters. The maximum absolute atomic E-state index is 8.79. The Bertz CT molecular complexity index is 808. The van der Waals surface area contributed by atoms with Crippen LogP contribution in [0.4, 0.5) is 5.82 Å². The minimum absolute atomic E-state index is 0.194. The number of fused-ring (bicyclic) bond motifs is 1. The summed E-state index contributed by atoms with van der Waals surface area (Å²) in [5, 5.41) is 8.79. The summed E-state index contributed by atoms with van der Waals surface area (Å²) in [5.74, 6) is 1.70. The van der Waals surface area contributed by atoms with E-state index in [1.807, 2.05) is 35.4 Å². The third kappa shape index (κ3) is 3.79. The third-order valence-corrected chi connectivity index (χ3v) is 4.44. The van der Waals surface area contributed by atoms with E-state index in [4.69, 9.17) is 16.0 Å². The van der Waals surface area contributed by atoms with Gasteiger partial charge in [-0.25, -0.2) is 4.98 Å². The molecule has 1 aliphatic rings. The molecule has 0 spiro atoms. The van der Waals surface area contributed by atoms with Crippen LogP contribution in [0.15, 0.2) is 35.5 Å². The summed E-state index contributed by atoms with van der Waals surface area (Å²) in [7, 11) is 0. The van der Waals surface area contributed by atoms with Gasteiger partial charge in [-0.3, -0.25) is 4.98 Å². The van der Waals surface area contributed by atoms with Crippen LogP contribution in [-0.2, 0) is 0 Å². The Hall–Kier alpha value is -2.88. The summed E-state index contributed by atoms with van der Waals surface area (Å²) in [4.78, 5) is 17.3. The van der Waals surface area contributed by atoms with E-state index < -0.39 is 0 Å². The number of hydrogen-bond acceptors (Lipinski definition) is 5. The van der Waals surface area contributed by atoms with E-state index in [0.29, 0.717) is 18.4 Å². The Morgan fingerprint density at radius 1 is 1.36 bits per heavy atom. The Labute approximate surface area is 147 Å². The highest BCUT2D eigenvalue weighted by atomic mass is 15.4. The first-order valence-electron chi connectivity index (χ1n) is 8.54. The van der Waals surface area contributed by atoms with Crippen molar-refractivity contribution in [1.29, 1.82) is 5.26 Å². The van der Waals surface area contributed by atoms with Gasteiger partial charge >= 0.3 is 0 Å². The van der Waals surface area contributed by atoms with Gasteiger partial charge in [0.05, 0.1) is 17.2 Å². The number of aromatic nitrogens is 2. The van der Waals surface area contributed by atoms with Crippen molar-refractivity contribution in [3.8, 4) is 6.19 Å². The standard InChI is InChI=1S/C18H23N7/c1-13(2)9-14-11-24(7-8-25(14)18(20)22-12-19)17-10-21-15-5-3-4-6-16(15)23-17/h3-6,10,13-14H,7-9,11H2,1-2H3,(H2,20,22). The minimum atomic E-state index is 0.194. The van der Waals surface area contributed by atoms with Gasteiger partial charge in [0.2, 0.25) is 12.2 Å². The summed E-state index contributed by atoms with van der Waals surface area (Å²) in [6.07, 6.45) is 4.59. The quantitative estimate of drug-likeness (QED) is 0.523. The molecule has 1 saturated heterocycles. The van der Waals surface area contributed by atoms with E-state index >= 15 is 0 Å². The van der Waals surface area contributed by atoms with Crippen LogP contribution < -0.4 is 10.6 Å². The smallest absolute Gasteiger partial charge is 0.209 e. The van der Waals surface area contributed by atoms with E-state index in [1.54, 1.807) is 6.19 Å². The molecular weight excluding hydrogens is 314 g/mol. The molecule has 2 heterocycles. The van der Waals surface area contributed by atoms with Crippen molar-refractivity contribution in [3.05, 3.63) is 30.5 Å². The summed E-state index contributed by atoms with van der Waals surface area (Å²) in [6, 6.07) is 8.07. The van der Waals surface area contributed by atoms with Gasteiger partial charge in [0.15, 0.2) is 0 Å². The highest BCUT2D eigenvalue weighted by Gasteiger charge is 2.29. The molecule has 0 amide bonds. The van der Waals surface area contributed by atoms with Gasteiger partial charge in [-0.1, -0.05) is 26.0 Å². The minimum Gasteiger partial charge on any atom is -0.369 e. The van der Waals surface area contributed by atoms with Crippen LogP contribution in [0.1, 0.15) is 20.3 Å². The van der Waals surface area contributed by atoms with Crippen LogP contribution >= 0.6 is 0 Å². The first-order chi connectivity index (χ1) is 12.1. The van der Waals surface area contributed by atoms with Crippen LogP contribution in [0, 0.1) is 17.4 Å². The first kappa shape index (κ1) is 17.0. The number of benzene rings is 1. The molecule has 0 saturated carbocycles. The number of para-hydroxylation sites is 2. The predicted molar refractivity (Wildman–Crippen MR) is 98.9 cm³/mol. The van der Waals surface area contributed by atoms with E-state index in [-0.39, 0.29) is 6.04 Å². The number of nitrogens with zero attached hydrogens (tertiary/aromatic N) is 6. The number of anilines is 1. The molecule has 1 aromatic carbocycles. The predicted octanol–water partition coefficient (Wildman–Crippen LogP) is 1.96. The Morgan fingerprint density at radius 2 is 2.12 bits per heavy atom. The molecule has 7 heteroatoms. The van der Waals surface area contributed by atoms with Gasteiger partial charge in [0.25, 0.3) is 0 Å². The normalized spacial score (nSPS) is 18.6. The van der Waals surface area contributed by atoms with E-state index in [0.717, 1.165) is 36.4 Å². The molecule has 0 radical (unpaired) electrons. The van der Waals surface area contributed by atoms with Crippen LogP contribution in [0.25, 0.3) is 11.0 Å². The summed E-state index contributed by atoms with van der Waals surface area (Å²) in [6.45, 7) is 6.63. The zero-order valence-electron chi connectivity index (χ0n) is 14.6. The molecule has 25 heavy (non-hydrogen) atoms. The van der Waals surface area contributed by atoms with E-state index in [2.05, 4.69) is 28.7 Å². The number of aliphatic imine (C=N–C) groups is 1. The van der Waals surface area contributed by atoms with Gasteiger partial charge in [-0.2, -0.15) is 5.26 Å². The topological polar surface area (TPSA) is 94.4 Å². The summed E-state index contributed by atoms with van der Waals surface area (Å²) in [5.41, 5.74) is 7.78. The van der Waals surface area contributed by atoms with Crippen molar-refractivity contribution in [1.82, 2.24) is 14.9 Å². The van der Waals surface area contributed by atoms with Gasteiger partial charge in [0, 0.05) is 25.7 Å². The molecule has 1 unspecified atom stereocenters. The second-order valence-corrected chi connectivity index (χ2v) is 6.71. The molecule has 2 aromatic rings. The molecule has 1 aromatic heterocycles. The number of nitriles is 1. The second-order valence-electron chi connectivity index (χ2n) is 6.71. The molecular formula is C18H23N7. The number of guanidine groups is 1. The van der Waals surface area contributed by atoms with Crippen molar-refractivity contribution < 1.29 is 0 Å². The van der Waals surface area contributed by atoms with Gasteiger partial charge in [-0.15, -0.1) is 4.99 Å². The molecule has 7 nitrogen and oxygen atoms in total. The molecule has 0 aliphatic carbocycles. The van der Waals surface area contributed by atoms with Crippen LogP contribution in [0.3, 0.4) is 0 Å². The lowest BCUT2D eigenvalue weighted by Gasteiger charge is -2.42. The van der Waals surface area contributed by atoms with Gasteiger partial charge in [0.1, 0.15) is 5.82 Å². The summed E-state index contributed by atoms with van der Waals surface area (Å²) < 4.78 is 0. The lowest BCUT2D eigenvalue weighted by molar-refractivity contribution is 0.243. The molecule has 2 N–H and O–H groups in total. The average molecular weight is 337 g/mol. The van der Waals surface area contributed by atoms with E-state index in [1.165, 1.54) is 0 Å². The van der Waals surface area contributed by atoms with Crippen LogP contribution in [0.5, 0.6) is 0 Å². The van der Waals surface area contributed by atoms with Gasteiger partial charge in [-0.05, 0) is 24.5 Å². The number of rotatable bonds is 3. The van der Waals surface area contributed by atoms with Crippen molar-refractivity contribution in [2.45, 2.75) is 26.3 Å². The number of nitrogens with two attached hydrogens (primary N) is 1. The fraction of sp³-hybridized carbons (Fsp3) is 0.444. The number of piperazine rings is 1. The first-order valence-corrected chi connectivity index (χ1v) is 8.54. The Balaban J connectivity index is 1.84. The van der Waals surface area contributed by atoms with Crippen molar-refractivity contribution in [2.24, 2.45) is 16.6 Å². The third-order valence-electron chi connectivity index (χ3n) is 4.44. The van der Waals surface area contributed by atoms with Gasteiger partial charge < -0.3 is 15.5 Å². The maximum atomic E-state index is 8.79. The fourth-order valence-corrected chi connectivity index (χ4v) is 3.33. The lowest BCUT2D eigenvalue weighted by Crippen LogP contribution is -2.57. The molecule has 3 rings (SSSR count). The van der Waals surface area contributed by atoms with Crippen molar-refractivity contribution >= 4 is 22.8 Å². The van der Waals surface area contributed by atoms with Crippen LogP contribution in [0.2, 0.25) is 0 Å². The second kappa shape index (κ2) is 7.34. The monoisotopic (exact) mass is 337 g/mol. The highest BCUT2D eigenvalue weighted by Crippen LogP contribution is 2.22. The van der Waals surface area contributed by atoms with E-state index in [9.17, 15) is 0 Å². The van der Waals surface area contributed by atoms with Crippen LogP contribution in [-0.4, -0.2) is 46.5 Å². The summed E-state index contributed by atoms with van der Waals surface area (Å²) >= 11 is 0. The lowest BCUT2D eigenvalue weighted by atomic mass is 10.00.